The first-order valence-electron chi connectivity index (χ1n) is 10.5. The van der Waals surface area contributed by atoms with Gasteiger partial charge in [0.15, 0.2) is 0 Å². The lowest BCUT2D eigenvalue weighted by atomic mass is 10.0. The molecule has 2 N–H and O–H groups in total. The van der Waals surface area contributed by atoms with Gasteiger partial charge in [-0.1, -0.05) is 30.3 Å². The van der Waals surface area contributed by atoms with Crippen molar-refractivity contribution in [1.29, 1.82) is 0 Å². The highest BCUT2D eigenvalue weighted by Crippen LogP contribution is 2.23. The molecule has 1 atom stereocenters. The maximum atomic E-state index is 13.6. The molecule has 168 valence electrons. The van der Waals surface area contributed by atoms with Crippen molar-refractivity contribution in [2.75, 3.05) is 11.9 Å². The first-order valence-corrected chi connectivity index (χ1v) is 10.5. The van der Waals surface area contributed by atoms with E-state index < -0.39 is 23.3 Å². The Morgan fingerprint density at radius 3 is 2.48 bits per heavy atom. The van der Waals surface area contributed by atoms with Crippen molar-refractivity contribution in [3.05, 3.63) is 100 Å². The van der Waals surface area contributed by atoms with E-state index in [0.717, 1.165) is 17.1 Å². The minimum absolute atomic E-state index is 0.245. The third-order valence-corrected chi connectivity index (χ3v) is 5.18. The van der Waals surface area contributed by atoms with Crippen LogP contribution in [-0.4, -0.2) is 18.5 Å². The van der Waals surface area contributed by atoms with Gasteiger partial charge in [0, 0.05) is 30.6 Å². The van der Waals surface area contributed by atoms with E-state index in [1.165, 1.54) is 19.1 Å². The molecule has 7 heteroatoms. The second-order valence-corrected chi connectivity index (χ2v) is 7.83. The van der Waals surface area contributed by atoms with Crippen molar-refractivity contribution in [2.45, 2.75) is 19.4 Å². The monoisotopic (exact) mass is 448 g/mol. The third kappa shape index (κ3) is 5.63. The van der Waals surface area contributed by atoms with Crippen LogP contribution in [0.2, 0.25) is 0 Å². The molecule has 0 radical (unpaired) electrons. The van der Waals surface area contributed by atoms with E-state index in [0.29, 0.717) is 28.8 Å². The van der Waals surface area contributed by atoms with Crippen LogP contribution in [0.3, 0.4) is 0 Å². The van der Waals surface area contributed by atoms with Crippen molar-refractivity contribution < 1.29 is 18.0 Å². The van der Waals surface area contributed by atoms with E-state index in [1.807, 2.05) is 36.4 Å². The predicted octanol–water partition coefficient (Wildman–Crippen LogP) is 4.90. The number of amides is 1. The number of hydrogen-bond donors (Lipinski definition) is 2. The summed E-state index contributed by atoms with van der Waals surface area (Å²) in [6, 6.07) is 19.2. The van der Waals surface area contributed by atoms with Gasteiger partial charge in [0.1, 0.15) is 17.2 Å². The minimum Gasteiger partial charge on any atom is -0.422 e. The highest BCUT2D eigenvalue weighted by Gasteiger charge is 2.14. The molecule has 5 nitrogen and oxygen atoms in total. The van der Waals surface area contributed by atoms with Crippen LogP contribution in [-0.2, 0) is 11.2 Å². The Morgan fingerprint density at radius 1 is 0.970 bits per heavy atom. The fourth-order valence-electron chi connectivity index (χ4n) is 3.78. The summed E-state index contributed by atoms with van der Waals surface area (Å²) >= 11 is 0. The van der Waals surface area contributed by atoms with Crippen LogP contribution in [0, 0.1) is 11.6 Å². The summed E-state index contributed by atoms with van der Waals surface area (Å²) in [5, 5.41) is 6.85. The highest BCUT2D eigenvalue weighted by molar-refractivity contribution is 5.82. The van der Waals surface area contributed by atoms with Gasteiger partial charge in [-0.25, -0.2) is 13.6 Å². The van der Waals surface area contributed by atoms with Crippen molar-refractivity contribution >= 4 is 22.6 Å². The zero-order valence-electron chi connectivity index (χ0n) is 17.9. The molecule has 0 aliphatic heterocycles. The van der Waals surface area contributed by atoms with Crippen LogP contribution in [0.5, 0.6) is 0 Å². The molecule has 0 unspecified atom stereocenters. The number of carbonyl (C=O) groups excluding carboxylic acids is 1. The highest BCUT2D eigenvalue weighted by atomic mass is 19.1. The van der Waals surface area contributed by atoms with Crippen molar-refractivity contribution in [1.82, 2.24) is 5.32 Å². The molecule has 4 aromatic rings. The molecule has 1 amide bonds. The number of carbonyl (C=O) groups is 1. The second-order valence-electron chi connectivity index (χ2n) is 7.83. The average Bonchev–Trinajstić information content (AvgIpc) is 2.76. The lowest BCUT2D eigenvalue weighted by molar-refractivity contribution is -0.119. The average molecular weight is 448 g/mol. The molecule has 0 fully saturated rings. The minimum atomic E-state index is -0.665. The quantitative estimate of drug-likeness (QED) is 0.395. The summed E-state index contributed by atoms with van der Waals surface area (Å²) in [6.45, 7) is 1.70. The van der Waals surface area contributed by atoms with Gasteiger partial charge in [-0.2, -0.15) is 0 Å². The number of benzene rings is 3. The smallest absolute Gasteiger partial charge is 0.344 e. The van der Waals surface area contributed by atoms with E-state index in [-0.39, 0.29) is 12.3 Å². The van der Waals surface area contributed by atoms with Gasteiger partial charge >= 0.3 is 5.63 Å². The Bertz CT molecular complexity index is 1350. The summed E-state index contributed by atoms with van der Waals surface area (Å²) in [5.41, 5.74) is 2.37. The SMILES string of the molecule is CC(=O)N[C@H](CNc1cccc(-c2cc3ccccc3oc2=O)c1)Cc1cc(F)cc(F)c1. The van der Waals surface area contributed by atoms with Gasteiger partial charge in [-0.05, 0) is 53.9 Å². The molecule has 0 spiro atoms. The first kappa shape index (κ1) is 22.2. The van der Waals surface area contributed by atoms with E-state index in [4.69, 9.17) is 4.42 Å². The van der Waals surface area contributed by atoms with Crippen LogP contribution in [0.4, 0.5) is 14.5 Å². The second kappa shape index (κ2) is 9.65. The summed E-state index contributed by atoms with van der Waals surface area (Å²) in [7, 11) is 0. The third-order valence-electron chi connectivity index (χ3n) is 5.18. The fourth-order valence-corrected chi connectivity index (χ4v) is 3.78. The molecular formula is C26H22F2N2O3. The van der Waals surface area contributed by atoms with Gasteiger partial charge in [0.25, 0.3) is 0 Å². The van der Waals surface area contributed by atoms with E-state index in [2.05, 4.69) is 10.6 Å². The fraction of sp³-hybridized carbons (Fsp3) is 0.154. The molecular weight excluding hydrogens is 426 g/mol. The van der Waals surface area contributed by atoms with Crippen molar-refractivity contribution in [2.24, 2.45) is 0 Å². The molecule has 0 saturated carbocycles. The molecule has 4 rings (SSSR count). The van der Waals surface area contributed by atoms with Gasteiger partial charge in [0.2, 0.25) is 5.91 Å². The maximum absolute atomic E-state index is 13.6. The number of anilines is 1. The Kier molecular flexibility index (Phi) is 6.49. The summed E-state index contributed by atoms with van der Waals surface area (Å²) in [4.78, 5) is 24.1. The van der Waals surface area contributed by atoms with Crippen LogP contribution in [0.25, 0.3) is 22.1 Å². The topological polar surface area (TPSA) is 71.3 Å². The maximum Gasteiger partial charge on any atom is 0.344 e. The van der Waals surface area contributed by atoms with Crippen LogP contribution < -0.4 is 16.3 Å². The van der Waals surface area contributed by atoms with Gasteiger partial charge in [-0.15, -0.1) is 0 Å². The Hall–Kier alpha value is -4.00. The standard InChI is InChI=1S/C26H22F2N2O3/c1-16(31)30-23(11-17-9-20(27)14-21(28)10-17)15-29-22-7-4-6-18(12-22)24-13-19-5-2-3-8-25(19)33-26(24)32/h2-10,12-14,23,29H,11,15H2,1H3,(H,30,31)/t23-/m0/s1. The molecule has 33 heavy (non-hydrogen) atoms. The van der Waals surface area contributed by atoms with Gasteiger partial charge < -0.3 is 15.1 Å². The molecule has 3 aromatic carbocycles. The van der Waals surface area contributed by atoms with E-state index >= 15 is 0 Å². The van der Waals surface area contributed by atoms with Crippen LogP contribution in [0.1, 0.15) is 12.5 Å². The van der Waals surface area contributed by atoms with Crippen LogP contribution >= 0.6 is 0 Å². The Labute approximate surface area is 189 Å². The zero-order valence-corrected chi connectivity index (χ0v) is 17.9. The lowest BCUT2D eigenvalue weighted by Gasteiger charge is -2.20. The number of fused-ring (bicyclic) bond motifs is 1. The molecule has 1 aromatic heterocycles. The normalized spacial score (nSPS) is 11.8. The predicted molar refractivity (Wildman–Crippen MR) is 124 cm³/mol. The summed E-state index contributed by atoms with van der Waals surface area (Å²) in [6.07, 6.45) is 0.245. The molecule has 0 saturated heterocycles. The number of nitrogens with one attached hydrogen (secondary N) is 2. The molecule has 0 aliphatic rings. The zero-order chi connectivity index (χ0) is 23.4. The number of hydrogen-bond acceptors (Lipinski definition) is 4. The Balaban J connectivity index is 1.53. The van der Waals surface area contributed by atoms with Crippen molar-refractivity contribution in [3.8, 4) is 11.1 Å². The summed E-state index contributed by atoms with van der Waals surface area (Å²) in [5.74, 6) is -1.58. The van der Waals surface area contributed by atoms with Gasteiger partial charge in [0.05, 0.1) is 11.6 Å². The Morgan fingerprint density at radius 2 is 1.73 bits per heavy atom. The number of halogens is 2. The summed E-state index contributed by atoms with van der Waals surface area (Å²) < 4.78 is 32.5. The molecule has 0 aliphatic carbocycles. The first-order chi connectivity index (χ1) is 15.9. The van der Waals surface area contributed by atoms with E-state index in [1.54, 1.807) is 18.2 Å². The molecule has 0 bridgehead atoms. The van der Waals surface area contributed by atoms with Crippen molar-refractivity contribution in [3.63, 3.8) is 0 Å². The van der Waals surface area contributed by atoms with E-state index in [9.17, 15) is 18.4 Å². The molecule has 1 heterocycles. The largest absolute Gasteiger partial charge is 0.422 e. The number of rotatable bonds is 7. The van der Waals surface area contributed by atoms with Gasteiger partial charge in [-0.3, -0.25) is 4.79 Å². The lowest BCUT2D eigenvalue weighted by Crippen LogP contribution is -2.40. The van der Waals surface area contributed by atoms with Crippen LogP contribution in [0.15, 0.2) is 82.0 Å². The number of para-hydroxylation sites is 1.